The summed E-state index contributed by atoms with van der Waals surface area (Å²) in [7, 11) is 0. The zero-order chi connectivity index (χ0) is 21.1. The number of hydrogen-bond acceptors (Lipinski definition) is 3. The molecule has 4 rings (SSSR count). The van der Waals surface area contributed by atoms with Gasteiger partial charge in [-0.15, -0.1) is 0 Å². The summed E-state index contributed by atoms with van der Waals surface area (Å²) in [6.45, 7) is 1.89. The number of piperidine rings is 1. The lowest BCUT2D eigenvalue weighted by Crippen LogP contribution is -2.44. The van der Waals surface area contributed by atoms with Gasteiger partial charge in [-0.3, -0.25) is 14.7 Å². The van der Waals surface area contributed by atoms with Crippen LogP contribution in [0.25, 0.3) is 10.8 Å². The Hall–Kier alpha value is -2.93. The number of alkyl halides is 3. The second-order valence-corrected chi connectivity index (χ2v) is 7.60. The third-order valence-electron chi connectivity index (χ3n) is 5.47. The van der Waals surface area contributed by atoms with Gasteiger partial charge in [-0.25, -0.2) is 0 Å². The second kappa shape index (κ2) is 8.44. The molecule has 0 saturated carbocycles. The number of benzene rings is 2. The number of halogens is 3. The number of rotatable bonds is 4. The van der Waals surface area contributed by atoms with Crippen LogP contribution in [-0.2, 0) is 12.7 Å². The fourth-order valence-corrected chi connectivity index (χ4v) is 3.89. The molecule has 0 unspecified atom stereocenters. The van der Waals surface area contributed by atoms with Gasteiger partial charge in [-0.05, 0) is 35.9 Å². The van der Waals surface area contributed by atoms with Crippen LogP contribution in [0.2, 0.25) is 0 Å². The highest BCUT2D eigenvalue weighted by Gasteiger charge is 2.30. The molecule has 0 spiro atoms. The Bertz CT molecular complexity index is 1040. The molecule has 2 aromatic carbocycles. The van der Waals surface area contributed by atoms with Crippen LogP contribution in [0.4, 0.5) is 13.2 Å². The van der Waals surface area contributed by atoms with Gasteiger partial charge in [0, 0.05) is 37.3 Å². The minimum Gasteiger partial charge on any atom is -0.348 e. The topological polar surface area (TPSA) is 45.2 Å². The minimum absolute atomic E-state index is 0.0241. The van der Waals surface area contributed by atoms with E-state index in [0.717, 1.165) is 29.7 Å². The summed E-state index contributed by atoms with van der Waals surface area (Å²) in [5, 5.41) is 4.85. The van der Waals surface area contributed by atoms with Crippen molar-refractivity contribution in [1.29, 1.82) is 0 Å². The van der Waals surface area contributed by atoms with E-state index in [1.54, 1.807) is 12.3 Å². The predicted octanol–water partition coefficient (Wildman–Crippen LogP) is 4.65. The van der Waals surface area contributed by atoms with Gasteiger partial charge in [0.25, 0.3) is 5.91 Å². The van der Waals surface area contributed by atoms with Gasteiger partial charge in [-0.1, -0.05) is 42.5 Å². The zero-order valence-corrected chi connectivity index (χ0v) is 16.3. The molecule has 156 valence electrons. The molecule has 1 aliphatic heterocycles. The molecule has 1 saturated heterocycles. The molecule has 0 radical (unpaired) electrons. The summed E-state index contributed by atoms with van der Waals surface area (Å²) in [6.07, 6.45) is -1.21. The van der Waals surface area contributed by atoms with Crippen LogP contribution < -0.4 is 5.32 Å². The van der Waals surface area contributed by atoms with Crippen molar-refractivity contribution in [3.05, 3.63) is 77.6 Å². The minimum atomic E-state index is -4.33. The normalized spacial score (nSPS) is 16.0. The third kappa shape index (κ3) is 4.62. The molecule has 1 amide bonds. The van der Waals surface area contributed by atoms with Crippen molar-refractivity contribution in [3.8, 4) is 0 Å². The molecule has 7 heteroatoms. The van der Waals surface area contributed by atoms with E-state index >= 15 is 0 Å². The lowest BCUT2D eigenvalue weighted by atomic mass is 10.0. The first-order valence-corrected chi connectivity index (χ1v) is 9.93. The van der Waals surface area contributed by atoms with Gasteiger partial charge in [0.2, 0.25) is 0 Å². The number of fused-ring (bicyclic) bond motifs is 1. The number of likely N-dealkylation sites (tertiary alicyclic amines) is 1. The van der Waals surface area contributed by atoms with Gasteiger partial charge < -0.3 is 5.32 Å². The van der Waals surface area contributed by atoms with Crippen molar-refractivity contribution >= 4 is 16.7 Å². The number of nitrogens with zero attached hydrogens (tertiary/aromatic N) is 2. The van der Waals surface area contributed by atoms with Crippen LogP contribution in [-0.4, -0.2) is 34.9 Å². The first-order chi connectivity index (χ1) is 14.4. The van der Waals surface area contributed by atoms with Gasteiger partial charge in [-0.2, -0.15) is 13.2 Å². The number of carbonyl (C=O) groups excluding carboxylic acids is 1. The average molecular weight is 413 g/mol. The van der Waals surface area contributed by atoms with E-state index in [1.807, 2.05) is 30.3 Å². The summed E-state index contributed by atoms with van der Waals surface area (Å²) in [5.41, 5.74) is 0.441. The molecule has 1 aromatic heterocycles. The fourth-order valence-electron chi connectivity index (χ4n) is 3.89. The number of nitrogens with one attached hydrogen (secondary N) is 1. The quantitative estimate of drug-likeness (QED) is 0.677. The lowest BCUT2D eigenvalue weighted by Gasteiger charge is -2.32. The van der Waals surface area contributed by atoms with E-state index < -0.39 is 11.7 Å². The standard InChI is InChI=1S/C23H22F3N3O/c24-23(25,26)18-6-3-4-16(14-18)15-29-12-9-19(10-13-29)28-22(30)21-20-7-2-1-5-17(20)8-11-27-21/h1-8,11,14,19H,9-10,12-13,15H2,(H,28,30). The molecule has 1 N–H and O–H groups in total. The molecule has 0 bridgehead atoms. The summed E-state index contributed by atoms with van der Waals surface area (Å²) < 4.78 is 38.7. The maximum absolute atomic E-state index is 12.9. The van der Waals surface area contributed by atoms with E-state index in [1.165, 1.54) is 12.1 Å². The van der Waals surface area contributed by atoms with E-state index in [0.29, 0.717) is 30.9 Å². The van der Waals surface area contributed by atoms with E-state index in [9.17, 15) is 18.0 Å². The van der Waals surface area contributed by atoms with E-state index in [4.69, 9.17) is 0 Å². The molecule has 3 aromatic rings. The number of amides is 1. The smallest absolute Gasteiger partial charge is 0.348 e. The zero-order valence-electron chi connectivity index (χ0n) is 16.3. The molecule has 0 atom stereocenters. The predicted molar refractivity (Wildman–Crippen MR) is 109 cm³/mol. The highest BCUT2D eigenvalue weighted by molar-refractivity contribution is 6.05. The first-order valence-electron chi connectivity index (χ1n) is 9.93. The van der Waals surface area contributed by atoms with Crippen molar-refractivity contribution in [2.24, 2.45) is 0 Å². The number of pyridine rings is 1. The van der Waals surface area contributed by atoms with Gasteiger partial charge in [0.1, 0.15) is 5.69 Å². The van der Waals surface area contributed by atoms with E-state index in [2.05, 4.69) is 15.2 Å². The molecule has 0 aliphatic carbocycles. The van der Waals surface area contributed by atoms with Crippen LogP contribution in [0, 0.1) is 0 Å². The molecule has 1 aliphatic rings. The maximum Gasteiger partial charge on any atom is 0.416 e. The van der Waals surface area contributed by atoms with Gasteiger partial charge in [0.15, 0.2) is 0 Å². The Morgan fingerprint density at radius 1 is 1.07 bits per heavy atom. The van der Waals surface area contributed by atoms with Gasteiger partial charge in [0.05, 0.1) is 5.56 Å². The SMILES string of the molecule is O=C(NC1CCN(Cc2cccc(C(F)(F)F)c2)CC1)c1nccc2ccccc12. The van der Waals surface area contributed by atoms with Gasteiger partial charge >= 0.3 is 6.18 Å². The Morgan fingerprint density at radius 2 is 1.83 bits per heavy atom. The van der Waals surface area contributed by atoms with Crippen molar-refractivity contribution in [2.75, 3.05) is 13.1 Å². The number of hydrogen-bond donors (Lipinski definition) is 1. The van der Waals surface area contributed by atoms with Crippen molar-refractivity contribution in [3.63, 3.8) is 0 Å². The summed E-state index contributed by atoms with van der Waals surface area (Å²) >= 11 is 0. The molecule has 4 nitrogen and oxygen atoms in total. The van der Waals surface area contributed by atoms with E-state index in [-0.39, 0.29) is 11.9 Å². The number of aromatic nitrogens is 1. The fraction of sp³-hybridized carbons (Fsp3) is 0.304. The van der Waals surface area contributed by atoms with Crippen molar-refractivity contribution in [1.82, 2.24) is 15.2 Å². The molecular formula is C23H22F3N3O. The molecule has 30 heavy (non-hydrogen) atoms. The summed E-state index contributed by atoms with van der Waals surface area (Å²) in [5.74, 6) is -0.192. The largest absolute Gasteiger partial charge is 0.416 e. The van der Waals surface area contributed by atoms with Crippen LogP contribution in [0.15, 0.2) is 60.8 Å². The molecular weight excluding hydrogens is 391 g/mol. The van der Waals surface area contributed by atoms with Crippen LogP contribution >= 0.6 is 0 Å². The van der Waals surface area contributed by atoms with Crippen molar-refractivity contribution in [2.45, 2.75) is 31.6 Å². The first kappa shape index (κ1) is 20.3. The maximum atomic E-state index is 12.9. The van der Waals surface area contributed by atoms with Crippen molar-refractivity contribution < 1.29 is 18.0 Å². The molecule has 2 heterocycles. The lowest BCUT2D eigenvalue weighted by molar-refractivity contribution is -0.137. The molecule has 1 fully saturated rings. The Morgan fingerprint density at radius 3 is 2.60 bits per heavy atom. The number of carbonyl (C=O) groups is 1. The van der Waals surface area contributed by atoms with Crippen LogP contribution in [0.3, 0.4) is 0 Å². The monoisotopic (exact) mass is 413 g/mol. The highest BCUT2D eigenvalue weighted by atomic mass is 19.4. The third-order valence-corrected chi connectivity index (χ3v) is 5.47. The van der Waals surface area contributed by atoms with Crippen LogP contribution in [0.5, 0.6) is 0 Å². The Balaban J connectivity index is 1.34. The Labute approximate surface area is 172 Å². The highest BCUT2D eigenvalue weighted by Crippen LogP contribution is 2.30. The van der Waals surface area contributed by atoms with Crippen LogP contribution in [0.1, 0.15) is 34.5 Å². The second-order valence-electron chi connectivity index (χ2n) is 7.60. The summed E-state index contributed by atoms with van der Waals surface area (Å²) in [4.78, 5) is 19.1. The average Bonchev–Trinajstić information content (AvgIpc) is 2.74. The summed E-state index contributed by atoms with van der Waals surface area (Å²) in [6, 6.07) is 15.0. The Kier molecular flexibility index (Phi) is 5.72.